The zero-order chi connectivity index (χ0) is 32.6. The minimum Gasteiger partial charge on any atom is -0.309 e. The van der Waals surface area contributed by atoms with Gasteiger partial charge in [0.1, 0.15) is 0 Å². The first-order valence-electron chi connectivity index (χ1n) is 16.6. The van der Waals surface area contributed by atoms with Crippen LogP contribution in [-0.4, -0.2) is 4.98 Å². The number of aryl methyl sites for hydroxylation is 1. The van der Waals surface area contributed by atoms with Gasteiger partial charge in [-0.2, -0.15) is 0 Å². The Morgan fingerprint density at radius 3 is 1.73 bits per heavy atom. The Labute approximate surface area is 281 Å². The lowest BCUT2D eigenvalue weighted by Gasteiger charge is -2.25. The molecule has 1 aliphatic carbocycles. The lowest BCUT2D eigenvalue weighted by Crippen LogP contribution is -2.26. The molecule has 0 N–H and O–H groups in total. The van der Waals surface area contributed by atoms with Crippen LogP contribution in [0.25, 0.3) is 54.6 Å². The van der Waals surface area contributed by atoms with Crippen LogP contribution >= 0.6 is 7.14 Å². The summed E-state index contributed by atoms with van der Waals surface area (Å²) in [5, 5.41) is 10.1. The van der Waals surface area contributed by atoms with Crippen molar-refractivity contribution < 1.29 is 4.57 Å². The maximum absolute atomic E-state index is 15.3. The Morgan fingerprint density at radius 1 is 0.479 bits per heavy atom. The third-order valence-electron chi connectivity index (χ3n) is 10.4. The van der Waals surface area contributed by atoms with Gasteiger partial charge in [-0.1, -0.05) is 123 Å². The predicted molar refractivity (Wildman–Crippen MR) is 204 cm³/mol. The van der Waals surface area contributed by atoms with E-state index in [2.05, 4.69) is 105 Å². The number of aromatic nitrogens is 1. The lowest BCUT2D eigenvalue weighted by molar-refractivity contribution is 0.592. The number of hydrogen-bond acceptors (Lipinski definition) is 2. The van der Waals surface area contributed by atoms with Crippen LogP contribution in [0.2, 0.25) is 0 Å². The maximum Gasteiger partial charge on any atom is 0.171 e. The van der Waals surface area contributed by atoms with Crippen molar-refractivity contribution in [1.82, 2.24) is 4.98 Å². The minimum absolute atomic E-state index is 0.280. The molecule has 0 spiro atoms. The van der Waals surface area contributed by atoms with Crippen molar-refractivity contribution in [1.29, 1.82) is 0 Å². The molecule has 230 valence electrons. The number of pyridine rings is 1. The second-order valence-electron chi connectivity index (χ2n) is 13.6. The SMILES string of the molecule is Cc1cncc(-c2ccc3c(c2)c2ccccc2c2cc4c(cc32)C(C)(C)c2cc(P(=O)(c3ccccc3)c3ccccc3)ccc2-4)c1. The average molecular weight is 636 g/mol. The van der Waals surface area contributed by atoms with Gasteiger partial charge >= 0.3 is 0 Å². The van der Waals surface area contributed by atoms with Crippen LogP contribution in [0.4, 0.5) is 0 Å². The summed E-state index contributed by atoms with van der Waals surface area (Å²) in [5.74, 6) is 0. The lowest BCUT2D eigenvalue weighted by atomic mass is 9.81. The Kier molecular flexibility index (Phi) is 6.38. The van der Waals surface area contributed by atoms with E-state index < -0.39 is 7.14 Å². The van der Waals surface area contributed by atoms with Gasteiger partial charge in [0.25, 0.3) is 0 Å². The van der Waals surface area contributed by atoms with E-state index in [1.54, 1.807) is 0 Å². The molecule has 8 aromatic rings. The molecule has 0 saturated heterocycles. The number of fused-ring (bicyclic) bond motifs is 9. The summed E-state index contributed by atoms with van der Waals surface area (Å²) in [7, 11) is -3.11. The molecule has 0 atom stereocenters. The standard InChI is InChI=1S/C45H34NOP/c1-29-22-31(28-46-27-29)30-18-20-37-39(23-30)35-16-10-11-17-36(35)40-25-42-38-21-19-34(24-43(38)45(2,3)44(42)26-41(37)40)48(47,32-12-6-4-7-13-32)33-14-8-5-9-15-33/h4-28H,1-3H3. The van der Waals surface area contributed by atoms with E-state index in [9.17, 15) is 0 Å². The largest absolute Gasteiger partial charge is 0.309 e. The molecule has 0 radical (unpaired) electrons. The molecule has 0 fully saturated rings. The van der Waals surface area contributed by atoms with E-state index in [0.717, 1.165) is 27.0 Å². The smallest absolute Gasteiger partial charge is 0.171 e. The molecule has 1 aliphatic rings. The monoisotopic (exact) mass is 635 g/mol. The summed E-state index contributed by atoms with van der Waals surface area (Å²) in [6.07, 6.45) is 3.85. The van der Waals surface area contributed by atoms with Crippen molar-refractivity contribution in [2.75, 3.05) is 0 Å². The fraction of sp³-hybridized carbons (Fsp3) is 0.0889. The van der Waals surface area contributed by atoms with Gasteiger partial charge in [-0.25, -0.2) is 0 Å². The van der Waals surface area contributed by atoms with E-state index in [1.165, 1.54) is 60.1 Å². The van der Waals surface area contributed by atoms with Crippen LogP contribution < -0.4 is 15.9 Å². The van der Waals surface area contributed by atoms with Crippen LogP contribution in [0, 0.1) is 6.92 Å². The third kappa shape index (κ3) is 4.19. The molecule has 3 heteroatoms. The Bertz CT molecular complexity index is 2580. The van der Waals surface area contributed by atoms with Crippen molar-refractivity contribution >= 4 is 55.4 Å². The first-order valence-corrected chi connectivity index (χ1v) is 18.3. The zero-order valence-electron chi connectivity index (χ0n) is 27.2. The molecule has 2 nitrogen and oxygen atoms in total. The van der Waals surface area contributed by atoms with Crippen molar-refractivity contribution in [2.24, 2.45) is 0 Å². The van der Waals surface area contributed by atoms with Gasteiger partial charge in [-0.15, -0.1) is 0 Å². The summed E-state index contributed by atoms with van der Waals surface area (Å²) in [6, 6.07) is 49.2. The van der Waals surface area contributed by atoms with Crippen LogP contribution in [0.15, 0.2) is 152 Å². The second kappa shape index (κ2) is 10.6. The highest BCUT2D eigenvalue weighted by Gasteiger charge is 2.38. The van der Waals surface area contributed by atoms with E-state index >= 15 is 4.57 Å². The molecule has 1 aromatic heterocycles. The van der Waals surface area contributed by atoms with Crippen molar-refractivity contribution in [3.63, 3.8) is 0 Å². The molecule has 9 rings (SSSR count). The summed E-state index contributed by atoms with van der Waals surface area (Å²) < 4.78 is 15.3. The first-order chi connectivity index (χ1) is 23.3. The molecule has 48 heavy (non-hydrogen) atoms. The molecule has 0 bridgehead atoms. The quantitative estimate of drug-likeness (QED) is 0.142. The van der Waals surface area contributed by atoms with Crippen molar-refractivity contribution in [2.45, 2.75) is 26.2 Å². The van der Waals surface area contributed by atoms with Gasteiger partial charge in [0.15, 0.2) is 7.14 Å². The van der Waals surface area contributed by atoms with E-state index in [-0.39, 0.29) is 5.41 Å². The predicted octanol–water partition coefficient (Wildman–Crippen LogP) is 10.5. The van der Waals surface area contributed by atoms with Gasteiger partial charge in [0.2, 0.25) is 0 Å². The van der Waals surface area contributed by atoms with Crippen molar-refractivity contribution in [3.8, 4) is 22.3 Å². The second-order valence-corrected chi connectivity index (χ2v) is 16.4. The van der Waals surface area contributed by atoms with Gasteiger partial charge in [0.05, 0.1) is 0 Å². The topological polar surface area (TPSA) is 30.0 Å². The number of rotatable bonds is 4. The normalized spacial score (nSPS) is 13.6. The molecule has 0 amide bonds. The average Bonchev–Trinajstić information content (AvgIpc) is 3.36. The van der Waals surface area contributed by atoms with Crippen LogP contribution in [0.5, 0.6) is 0 Å². The van der Waals surface area contributed by atoms with Gasteiger partial charge in [0, 0.05) is 39.3 Å². The number of hydrogen-bond donors (Lipinski definition) is 0. The van der Waals surface area contributed by atoms with Crippen molar-refractivity contribution in [3.05, 3.63) is 169 Å². The highest BCUT2D eigenvalue weighted by Crippen LogP contribution is 2.53. The molecule has 7 aromatic carbocycles. The Hall–Kier alpha value is -5.30. The molecule has 1 heterocycles. The minimum atomic E-state index is -3.11. The summed E-state index contributed by atoms with van der Waals surface area (Å²) >= 11 is 0. The van der Waals surface area contributed by atoms with Crippen LogP contribution in [0.1, 0.15) is 30.5 Å². The maximum atomic E-state index is 15.3. The number of benzene rings is 7. The van der Waals surface area contributed by atoms with Gasteiger partial charge in [-0.3, -0.25) is 4.98 Å². The Morgan fingerprint density at radius 2 is 1.06 bits per heavy atom. The summed E-state index contributed by atoms with van der Waals surface area (Å²) in [4.78, 5) is 4.47. The third-order valence-corrected chi connectivity index (χ3v) is 13.5. The molecule has 0 aliphatic heterocycles. The van der Waals surface area contributed by atoms with Crippen LogP contribution in [-0.2, 0) is 9.98 Å². The van der Waals surface area contributed by atoms with E-state index in [4.69, 9.17) is 0 Å². The molecular weight excluding hydrogens is 601 g/mol. The molecule has 0 saturated carbocycles. The molecular formula is C45H34NOP. The summed E-state index contributed by atoms with van der Waals surface area (Å²) in [5.41, 5.74) is 8.19. The molecule has 0 unspecified atom stereocenters. The van der Waals surface area contributed by atoms with Gasteiger partial charge in [-0.05, 0) is 103 Å². The first kappa shape index (κ1) is 28.9. The fourth-order valence-corrected chi connectivity index (χ4v) is 10.7. The highest BCUT2D eigenvalue weighted by atomic mass is 31.2. The number of nitrogens with zero attached hydrogens (tertiary/aromatic N) is 1. The zero-order valence-corrected chi connectivity index (χ0v) is 28.1. The Balaban J connectivity index is 1.27. The van der Waals surface area contributed by atoms with E-state index in [0.29, 0.717) is 0 Å². The van der Waals surface area contributed by atoms with E-state index in [1.807, 2.05) is 73.1 Å². The summed E-state index contributed by atoms with van der Waals surface area (Å²) in [6.45, 7) is 6.72. The van der Waals surface area contributed by atoms with Crippen LogP contribution in [0.3, 0.4) is 0 Å². The fourth-order valence-electron chi connectivity index (χ4n) is 7.98. The van der Waals surface area contributed by atoms with Gasteiger partial charge < -0.3 is 4.57 Å². The highest BCUT2D eigenvalue weighted by molar-refractivity contribution is 7.85.